The molecule has 0 heterocycles. The van der Waals surface area contributed by atoms with Gasteiger partial charge in [0.25, 0.3) is 10.0 Å². The van der Waals surface area contributed by atoms with Gasteiger partial charge in [0.05, 0.1) is 16.6 Å². The third kappa shape index (κ3) is 5.50. The van der Waals surface area contributed by atoms with Crippen LogP contribution in [0.3, 0.4) is 0 Å². The third-order valence-electron chi connectivity index (χ3n) is 6.40. The molecule has 0 radical (unpaired) electrons. The molecule has 5 nitrogen and oxygen atoms in total. The summed E-state index contributed by atoms with van der Waals surface area (Å²) in [7, 11) is -3.94. The molecular formula is C28H34N2O3S. The van der Waals surface area contributed by atoms with Crippen LogP contribution in [0.1, 0.15) is 51.9 Å². The fourth-order valence-corrected chi connectivity index (χ4v) is 5.39. The molecular weight excluding hydrogens is 444 g/mol. The second-order valence-corrected chi connectivity index (χ2v) is 11.0. The average molecular weight is 479 g/mol. The van der Waals surface area contributed by atoms with E-state index in [-0.39, 0.29) is 23.4 Å². The minimum absolute atomic E-state index is 0.155. The van der Waals surface area contributed by atoms with Gasteiger partial charge in [-0.15, -0.1) is 0 Å². The number of hydrogen-bond donors (Lipinski definition) is 1. The highest BCUT2D eigenvalue weighted by Gasteiger charge is 2.28. The maximum absolute atomic E-state index is 13.6. The molecule has 0 saturated heterocycles. The molecule has 1 atom stereocenters. The second-order valence-electron chi connectivity index (χ2n) is 9.18. The van der Waals surface area contributed by atoms with E-state index in [2.05, 4.69) is 24.4 Å². The monoisotopic (exact) mass is 478 g/mol. The Morgan fingerprint density at radius 1 is 0.794 bits per heavy atom. The van der Waals surface area contributed by atoms with Gasteiger partial charge in [0.1, 0.15) is 6.54 Å². The van der Waals surface area contributed by atoms with Gasteiger partial charge < -0.3 is 5.32 Å². The first kappa shape index (κ1) is 25.5. The molecule has 34 heavy (non-hydrogen) atoms. The Labute approximate surface area is 203 Å². The molecule has 1 amide bonds. The van der Waals surface area contributed by atoms with Gasteiger partial charge in [0, 0.05) is 0 Å². The lowest BCUT2D eigenvalue weighted by Crippen LogP contribution is -2.41. The fourth-order valence-electron chi connectivity index (χ4n) is 3.98. The van der Waals surface area contributed by atoms with Gasteiger partial charge in [-0.05, 0) is 106 Å². The van der Waals surface area contributed by atoms with Crippen molar-refractivity contribution in [3.05, 3.63) is 93.5 Å². The van der Waals surface area contributed by atoms with Gasteiger partial charge in [-0.1, -0.05) is 35.9 Å². The minimum Gasteiger partial charge on any atom is -0.348 e. The highest BCUT2D eigenvalue weighted by molar-refractivity contribution is 7.92. The summed E-state index contributed by atoms with van der Waals surface area (Å²) in [6.45, 7) is 13.5. The van der Waals surface area contributed by atoms with Gasteiger partial charge in [-0.3, -0.25) is 9.10 Å². The Bertz CT molecular complexity index is 1310. The van der Waals surface area contributed by atoms with Crippen LogP contribution in [-0.2, 0) is 14.8 Å². The molecule has 6 heteroatoms. The molecule has 0 fully saturated rings. The Hall–Kier alpha value is -3.12. The van der Waals surface area contributed by atoms with E-state index in [9.17, 15) is 13.2 Å². The Balaban J connectivity index is 1.94. The summed E-state index contributed by atoms with van der Waals surface area (Å²) in [5, 5.41) is 3.00. The Morgan fingerprint density at radius 3 is 2.00 bits per heavy atom. The number of aryl methyl sites for hydroxylation is 6. The molecule has 0 aromatic heterocycles. The molecule has 0 spiro atoms. The summed E-state index contributed by atoms with van der Waals surface area (Å²) in [6.07, 6.45) is 0. The maximum atomic E-state index is 13.6. The second kappa shape index (κ2) is 10.0. The van der Waals surface area contributed by atoms with E-state index in [1.54, 1.807) is 30.3 Å². The van der Waals surface area contributed by atoms with E-state index in [0.29, 0.717) is 5.69 Å². The van der Waals surface area contributed by atoms with E-state index in [1.165, 1.54) is 9.87 Å². The largest absolute Gasteiger partial charge is 0.348 e. The van der Waals surface area contributed by atoms with E-state index in [0.717, 1.165) is 33.4 Å². The zero-order valence-electron chi connectivity index (χ0n) is 21.1. The smallest absolute Gasteiger partial charge is 0.264 e. The third-order valence-corrected chi connectivity index (χ3v) is 8.19. The summed E-state index contributed by atoms with van der Waals surface area (Å²) in [6, 6.07) is 16.1. The van der Waals surface area contributed by atoms with Crippen molar-refractivity contribution in [3.8, 4) is 0 Å². The molecule has 0 saturated carbocycles. The summed E-state index contributed by atoms with van der Waals surface area (Å²) < 4.78 is 28.4. The number of nitrogens with one attached hydrogen (secondary N) is 1. The normalized spacial score (nSPS) is 12.3. The lowest BCUT2D eigenvalue weighted by Gasteiger charge is -2.26. The number of carbonyl (C=O) groups is 1. The number of carbonyl (C=O) groups excluding carboxylic acids is 1. The number of benzene rings is 3. The van der Waals surface area contributed by atoms with E-state index in [4.69, 9.17) is 0 Å². The average Bonchev–Trinajstić information content (AvgIpc) is 2.76. The summed E-state index contributed by atoms with van der Waals surface area (Å²) in [4.78, 5) is 13.3. The van der Waals surface area contributed by atoms with E-state index < -0.39 is 10.0 Å². The summed E-state index contributed by atoms with van der Waals surface area (Å²) in [5.74, 6) is -0.362. The van der Waals surface area contributed by atoms with Crippen LogP contribution in [0.5, 0.6) is 0 Å². The van der Waals surface area contributed by atoms with Crippen molar-refractivity contribution >= 4 is 21.6 Å². The zero-order valence-corrected chi connectivity index (χ0v) is 21.9. The van der Waals surface area contributed by atoms with Gasteiger partial charge in [0.2, 0.25) is 5.91 Å². The topological polar surface area (TPSA) is 66.5 Å². The van der Waals surface area contributed by atoms with Crippen LogP contribution in [0.25, 0.3) is 0 Å². The van der Waals surface area contributed by atoms with Crippen LogP contribution >= 0.6 is 0 Å². The number of hydrogen-bond acceptors (Lipinski definition) is 3. The summed E-state index contributed by atoms with van der Waals surface area (Å²) in [5.41, 5.74) is 7.91. The molecule has 0 aliphatic carbocycles. The first-order valence-corrected chi connectivity index (χ1v) is 12.9. The van der Waals surface area contributed by atoms with Crippen LogP contribution in [0.2, 0.25) is 0 Å². The fraction of sp³-hybridized carbons (Fsp3) is 0.321. The highest BCUT2D eigenvalue weighted by Crippen LogP contribution is 2.27. The van der Waals surface area contributed by atoms with Gasteiger partial charge in [-0.2, -0.15) is 0 Å². The molecule has 3 rings (SSSR count). The molecule has 0 unspecified atom stereocenters. The Morgan fingerprint density at radius 2 is 1.38 bits per heavy atom. The first-order chi connectivity index (χ1) is 15.9. The molecule has 3 aromatic carbocycles. The highest BCUT2D eigenvalue weighted by atomic mass is 32.2. The van der Waals surface area contributed by atoms with E-state index >= 15 is 0 Å². The predicted octanol–water partition coefficient (Wildman–Crippen LogP) is 5.61. The predicted molar refractivity (Wildman–Crippen MR) is 139 cm³/mol. The van der Waals surface area contributed by atoms with E-state index in [1.807, 2.05) is 53.7 Å². The van der Waals surface area contributed by atoms with Gasteiger partial charge >= 0.3 is 0 Å². The number of anilines is 1. The number of amides is 1. The van der Waals surface area contributed by atoms with Crippen molar-refractivity contribution in [2.24, 2.45) is 0 Å². The maximum Gasteiger partial charge on any atom is 0.264 e. The Kier molecular flexibility index (Phi) is 7.51. The van der Waals surface area contributed by atoms with Crippen molar-refractivity contribution in [2.75, 3.05) is 10.8 Å². The van der Waals surface area contributed by atoms with Crippen molar-refractivity contribution in [1.82, 2.24) is 5.32 Å². The summed E-state index contributed by atoms with van der Waals surface area (Å²) >= 11 is 0. The zero-order chi connectivity index (χ0) is 25.2. The van der Waals surface area contributed by atoms with Crippen molar-refractivity contribution in [1.29, 1.82) is 0 Å². The van der Waals surface area contributed by atoms with Crippen LogP contribution < -0.4 is 9.62 Å². The molecule has 180 valence electrons. The SMILES string of the molecule is Cc1ccc(S(=O)(=O)N(CC(=O)N[C@@H](C)c2cc(C)c(C)cc2C)c2ccc(C)c(C)c2)cc1. The number of nitrogens with zero attached hydrogens (tertiary/aromatic N) is 1. The standard InChI is InChI=1S/C28H34N2O3S/c1-18-8-12-26(13-9-18)34(32,33)30(25-11-10-19(2)21(4)15-25)17-28(31)29-24(7)27-16-22(5)20(3)14-23(27)6/h8-16,24H,17H2,1-7H3,(H,29,31)/t24-/m0/s1. The lowest BCUT2D eigenvalue weighted by atomic mass is 9.96. The van der Waals surface area contributed by atoms with Crippen LogP contribution in [0.15, 0.2) is 59.5 Å². The number of sulfonamides is 1. The molecule has 0 aliphatic heterocycles. The molecule has 3 aromatic rings. The lowest BCUT2D eigenvalue weighted by molar-refractivity contribution is -0.120. The quantitative estimate of drug-likeness (QED) is 0.480. The van der Waals surface area contributed by atoms with Crippen LogP contribution in [0, 0.1) is 41.5 Å². The van der Waals surface area contributed by atoms with Crippen LogP contribution in [0.4, 0.5) is 5.69 Å². The minimum atomic E-state index is -3.94. The molecule has 0 bridgehead atoms. The molecule has 1 N–H and O–H groups in total. The van der Waals surface area contributed by atoms with Crippen molar-refractivity contribution in [2.45, 2.75) is 59.4 Å². The van der Waals surface area contributed by atoms with Crippen molar-refractivity contribution in [3.63, 3.8) is 0 Å². The van der Waals surface area contributed by atoms with Gasteiger partial charge in [0.15, 0.2) is 0 Å². The first-order valence-electron chi connectivity index (χ1n) is 11.4. The molecule has 0 aliphatic rings. The van der Waals surface area contributed by atoms with Crippen LogP contribution in [-0.4, -0.2) is 20.9 Å². The van der Waals surface area contributed by atoms with Crippen molar-refractivity contribution < 1.29 is 13.2 Å². The van der Waals surface area contributed by atoms with Gasteiger partial charge in [-0.25, -0.2) is 8.42 Å². The number of rotatable bonds is 7.